The number of fused-ring (bicyclic) bond motifs is 4. The predicted molar refractivity (Wildman–Crippen MR) is 107 cm³/mol. The van der Waals surface area contributed by atoms with Gasteiger partial charge in [-0.05, 0) is 22.9 Å². The number of imidazole rings is 1. The van der Waals surface area contributed by atoms with Gasteiger partial charge in [0.1, 0.15) is 0 Å². The van der Waals surface area contributed by atoms with E-state index in [1.165, 1.54) is 11.6 Å². The monoisotopic (exact) mass is 377 g/mol. The smallest absolute Gasteiger partial charge is 0.332 e. The molecule has 0 saturated heterocycles. The van der Waals surface area contributed by atoms with Gasteiger partial charge in [-0.15, -0.1) is 0 Å². The van der Waals surface area contributed by atoms with E-state index in [-0.39, 0.29) is 6.54 Å². The molecule has 1 atom stereocenters. The quantitative estimate of drug-likeness (QED) is 0.537. The van der Waals surface area contributed by atoms with Gasteiger partial charge < -0.3 is 14.6 Å². The molecule has 2 aromatic carbocycles. The minimum atomic E-state index is -0.668. The predicted octanol–water partition coefficient (Wildman–Crippen LogP) is 1.10. The third-order valence-corrected chi connectivity index (χ3v) is 5.40. The molecule has 0 aliphatic carbocycles. The first-order chi connectivity index (χ1) is 13.5. The molecule has 28 heavy (non-hydrogen) atoms. The van der Waals surface area contributed by atoms with Crippen molar-refractivity contribution in [2.24, 2.45) is 14.1 Å². The van der Waals surface area contributed by atoms with E-state index in [1.54, 1.807) is 11.6 Å². The van der Waals surface area contributed by atoms with Gasteiger partial charge in [0.2, 0.25) is 5.95 Å². The largest absolute Gasteiger partial charge is 0.389 e. The number of β-amino-alcohol motifs (C(OH)–C–C–N with tert-alkyl or cyclic N) is 1. The van der Waals surface area contributed by atoms with E-state index in [9.17, 15) is 14.7 Å². The molecule has 8 heteroatoms. The molecule has 142 valence electrons. The first-order valence-electron chi connectivity index (χ1n) is 9.06. The molecule has 1 aliphatic heterocycles. The molecule has 3 heterocycles. The van der Waals surface area contributed by atoms with Gasteiger partial charge in [0, 0.05) is 19.8 Å². The zero-order chi connectivity index (χ0) is 19.6. The summed E-state index contributed by atoms with van der Waals surface area (Å²) in [6, 6.07) is 14.1. The third-order valence-electron chi connectivity index (χ3n) is 5.40. The normalized spacial score (nSPS) is 16.7. The topological polar surface area (TPSA) is 85.3 Å². The van der Waals surface area contributed by atoms with Crippen LogP contribution < -0.4 is 16.1 Å². The maximum atomic E-state index is 12.7. The van der Waals surface area contributed by atoms with Crippen molar-refractivity contribution >= 4 is 33.6 Å². The lowest BCUT2D eigenvalue weighted by Gasteiger charge is -2.32. The van der Waals surface area contributed by atoms with E-state index in [1.807, 2.05) is 47.4 Å². The average Bonchev–Trinajstić information content (AvgIpc) is 3.09. The van der Waals surface area contributed by atoms with Crippen molar-refractivity contribution < 1.29 is 5.11 Å². The first-order valence-corrected chi connectivity index (χ1v) is 9.06. The summed E-state index contributed by atoms with van der Waals surface area (Å²) >= 11 is 0. The van der Waals surface area contributed by atoms with Crippen molar-refractivity contribution in [3.8, 4) is 0 Å². The Bertz CT molecular complexity index is 1360. The van der Waals surface area contributed by atoms with Gasteiger partial charge in [-0.1, -0.05) is 30.3 Å². The molecule has 0 spiro atoms. The lowest BCUT2D eigenvalue weighted by atomic mass is 10.1. The van der Waals surface area contributed by atoms with Crippen LogP contribution in [0.3, 0.4) is 0 Å². The number of hydrogen-bond acceptors (Lipinski definition) is 5. The summed E-state index contributed by atoms with van der Waals surface area (Å²) < 4.78 is 4.14. The van der Waals surface area contributed by atoms with Gasteiger partial charge in [0.25, 0.3) is 5.56 Å². The number of rotatable bonds is 1. The Labute approximate surface area is 159 Å². The maximum Gasteiger partial charge on any atom is 0.332 e. The van der Waals surface area contributed by atoms with Crippen LogP contribution in [0.1, 0.15) is 0 Å². The summed E-state index contributed by atoms with van der Waals surface area (Å²) in [6.07, 6.45) is -0.668. The highest BCUT2D eigenvalue weighted by atomic mass is 16.3. The Kier molecular flexibility index (Phi) is 3.47. The highest BCUT2D eigenvalue weighted by Crippen LogP contribution is 2.32. The molecule has 1 N–H and O–H groups in total. The summed E-state index contributed by atoms with van der Waals surface area (Å²) in [5, 5.41) is 12.7. The summed E-state index contributed by atoms with van der Waals surface area (Å²) in [5.74, 6) is 0.550. The van der Waals surface area contributed by atoms with Crippen LogP contribution in [-0.2, 0) is 20.6 Å². The van der Waals surface area contributed by atoms with Gasteiger partial charge in [0.05, 0.1) is 19.2 Å². The fourth-order valence-corrected chi connectivity index (χ4v) is 3.94. The highest BCUT2D eigenvalue weighted by Gasteiger charge is 2.30. The van der Waals surface area contributed by atoms with Crippen molar-refractivity contribution in [2.45, 2.75) is 12.6 Å². The molecule has 2 aromatic heterocycles. The SMILES string of the molecule is Cn1c(=O)c2c(nc3n2CC(O)CN3c2ccc3ccccc3c2)n(C)c1=O. The number of anilines is 2. The van der Waals surface area contributed by atoms with Crippen molar-refractivity contribution in [3.05, 3.63) is 63.3 Å². The van der Waals surface area contributed by atoms with Crippen molar-refractivity contribution in [1.82, 2.24) is 18.7 Å². The molecule has 1 unspecified atom stereocenters. The van der Waals surface area contributed by atoms with E-state index in [4.69, 9.17) is 0 Å². The number of hydrogen-bond donors (Lipinski definition) is 1. The fourth-order valence-electron chi connectivity index (χ4n) is 3.94. The molecule has 4 aromatic rings. The van der Waals surface area contributed by atoms with Crippen LogP contribution >= 0.6 is 0 Å². The zero-order valence-corrected chi connectivity index (χ0v) is 15.5. The minimum absolute atomic E-state index is 0.253. The van der Waals surface area contributed by atoms with Gasteiger partial charge >= 0.3 is 5.69 Å². The zero-order valence-electron chi connectivity index (χ0n) is 15.5. The molecule has 0 bridgehead atoms. The molecule has 1 aliphatic rings. The number of aliphatic hydroxyl groups is 1. The summed E-state index contributed by atoms with van der Waals surface area (Å²) in [4.78, 5) is 31.5. The number of benzene rings is 2. The van der Waals surface area contributed by atoms with Gasteiger partial charge in [-0.3, -0.25) is 13.9 Å². The molecule has 0 saturated carbocycles. The van der Waals surface area contributed by atoms with Crippen molar-refractivity contribution in [3.63, 3.8) is 0 Å². The molecule has 0 radical (unpaired) electrons. The van der Waals surface area contributed by atoms with Crippen LogP contribution in [0.2, 0.25) is 0 Å². The van der Waals surface area contributed by atoms with E-state index in [0.717, 1.165) is 21.0 Å². The van der Waals surface area contributed by atoms with Crippen LogP contribution in [0.15, 0.2) is 52.1 Å². The second kappa shape index (κ2) is 5.80. The Morgan fingerprint density at radius 3 is 2.54 bits per heavy atom. The molecular weight excluding hydrogens is 358 g/mol. The van der Waals surface area contributed by atoms with Gasteiger partial charge in [-0.25, -0.2) is 4.79 Å². The van der Waals surface area contributed by atoms with Crippen LogP contribution in [0.25, 0.3) is 21.9 Å². The highest BCUT2D eigenvalue weighted by molar-refractivity contribution is 5.87. The van der Waals surface area contributed by atoms with E-state index in [0.29, 0.717) is 23.7 Å². The van der Waals surface area contributed by atoms with Crippen LogP contribution in [0.4, 0.5) is 11.6 Å². The molecule has 8 nitrogen and oxygen atoms in total. The maximum absolute atomic E-state index is 12.7. The van der Waals surface area contributed by atoms with Crippen molar-refractivity contribution in [2.75, 3.05) is 11.4 Å². The summed E-state index contributed by atoms with van der Waals surface area (Å²) in [7, 11) is 3.05. The molecule has 0 amide bonds. The van der Waals surface area contributed by atoms with Crippen LogP contribution in [-0.4, -0.2) is 36.4 Å². The lowest BCUT2D eigenvalue weighted by Crippen LogP contribution is -2.40. The number of aromatic nitrogens is 4. The van der Waals surface area contributed by atoms with E-state index >= 15 is 0 Å². The fraction of sp³-hybridized carbons (Fsp3) is 0.250. The van der Waals surface area contributed by atoms with Gasteiger partial charge in [0.15, 0.2) is 11.2 Å². The second-order valence-electron chi connectivity index (χ2n) is 7.20. The minimum Gasteiger partial charge on any atom is -0.389 e. The lowest BCUT2D eigenvalue weighted by molar-refractivity contribution is 0.154. The first kappa shape index (κ1) is 16.8. The summed E-state index contributed by atoms with van der Waals surface area (Å²) in [5.41, 5.74) is 0.679. The molecule has 0 fully saturated rings. The van der Waals surface area contributed by atoms with E-state index < -0.39 is 17.4 Å². The standard InChI is InChI=1S/C20H19N5O3/c1-22-17-16(18(27)23(2)20(22)28)25-11-15(26)10-24(19(25)21-17)14-8-7-12-5-3-4-6-13(12)9-14/h3-9,15,26H,10-11H2,1-2H3. The van der Waals surface area contributed by atoms with E-state index in [2.05, 4.69) is 4.98 Å². The molecule has 5 rings (SSSR count). The number of nitrogens with zero attached hydrogens (tertiary/aromatic N) is 5. The molecular formula is C20H19N5O3. The summed E-state index contributed by atoms with van der Waals surface area (Å²) in [6.45, 7) is 0.610. The van der Waals surface area contributed by atoms with Crippen LogP contribution in [0, 0.1) is 0 Å². The third kappa shape index (κ3) is 2.24. The second-order valence-corrected chi connectivity index (χ2v) is 7.20. The van der Waals surface area contributed by atoms with Crippen LogP contribution in [0.5, 0.6) is 0 Å². The number of aryl methyl sites for hydroxylation is 1. The average molecular weight is 377 g/mol. The Morgan fingerprint density at radius 1 is 1.00 bits per heavy atom. The van der Waals surface area contributed by atoms with Crippen molar-refractivity contribution in [1.29, 1.82) is 0 Å². The number of aliphatic hydroxyl groups excluding tert-OH is 1. The van der Waals surface area contributed by atoms with Gasteiger partial charge in [-0.2, -0.15) is 4.98 Å². The Balaban J connectivity index is 1.79. The Morgan fingerprint density at radius 2 is 1.75 bits per heavy atom. The Hall–Kier alpha value is -3.39.